The molecule has 12 heteroatoms. The first-order valence-corrected chi connectivity index (χ1v) is 15.5. The summed E-state index contributed by atoms with van der Waals surface area (Å²) in [5.74, 6) is 0.0240. The van der Waals surface area contributed by atoms with E-state index in [0.717, 1.165) is 11.3 Å². The molecular formula is C33H30BrClN6O4. The second-order valence-corrected chi connectivity index (χ2v) is 12.1. The number of hydrogen-bond acceptors (Lipinski definition) is 5. The van der Waals surface area contributed by atoms with Crippen LogP contribution in [0.2, 0.25) is 5.02 Å². The van der Waals surface area contributed by atoms with Crippen LogP contribution in [0.1, 0.15) is 52.0 Å². The van der Waals surface area contributed by atoms with Crippen LogP contribution < -0.4 is 15.7 Å². The number of amides is 2. The van der Waals surface area contributed by atoms with Gasteiger partial charge in [-0.2, -0.15) is 5.10 Å². The van der Waals surface area contributed by atoms with Crippen LogP contribution in [0.25, 0.3) is 11.4 Å². The predicted molar refractivity (Wildman–Crippen MR) is 175 cm³/mol. The Balaban J connectivity index is 1.41. The summed E-state index contributed by atoms with van der Waals surface area (Å²) < 4.78 is 10.7. The summed E-state index contributed by atoms with van der Waals surface area (Å²) in [7, 11) is 1.59. The number of fused-ring (bicyclic) bond motifs is 1. The van der Waals surface area contributed by atoms with Gasteiger partial charge in [0, 0.05) is 35.0 Å². The molecule has 5 aromatic rings. The van der Waals surface area contributed by atoms with Crippen molar-refractivity contribution in [3.63, 3.8) is 0 Å². The van der Waals surface area contributed by atoms with Crippen molar-refractivity contribution in [3.8, 4) is 17.1 Å². The summed E-state index contributed by atoms with van der Waals surface area (Å²) in [4.78, 5) is 43.6. The van der Waals surface area contributed by atoms with Gasteiger partial charge in [-0.3, -0.25) is 18.7 Å². The monoisotopic (exact) mass is 688 g/mol. The number of nitrogens with zero attached hydrogens (tertiary/aromatic N) is 5. The molecule has 1 N–H and O–H groups in total. The first-order chi connectivity index (χ1) is 21.7. The highest BCUT2D eigenvalue weighted by molar-refractivity contribution is 9.10. The van der Waals surface area contributed by atoms with Gasteiger partial charge in [0.25, 0.3) is 11.8 Å². The Morgan fingerprint density at radius 3 is 2.42 bits per heavy atom. The van der Waals surface area contributed by atoms with Gasteiger partial charge >= 0.3 is 5.69 Å². The van der Waals surface area contributed by atoms with E-state index in [1.165, 1.54) is 4.57 Å². The number of carbonyl (C=O) groups excluding carboxylic acids is 2. The molecule has 2 aromatic heterocycles. The lowest BCUT2D eigenvalue weighted by atomic mass is 10.1. The lowest BCUT2D eigenvalue weighted by molar-refractivity contribution is 0.0610. The minimum absolute atomic E-state index is 0.0565. The first kappa shape index (κ1) is 30.4. The summed E-state index contributed by atoms with van der Waals surface area (Å²) in [5, 5.41) is 7.75. The number of hydrogen-bond donors (Lipinski definition) is 1. The summed E-state index contributed by atoms with van der Waals surface area (Å²) in [6.45, 7) is 4.03. The van der Waals surface area contributed by atoms with E-state index in [2.05, 4.69) is 26.3 Å². The maximum Gasteiger partial charge on any atom is 0.333 e. The summed E-state index contributed by atoms with van der Waals surface area (Å²) in [6, 6.07) is 20.8. The predicted octanol–water partition coefficient (Wildman–Crippen LogP) is 5.78. The molecule has 2 atom stereocenters. The average Bonchev–Trinajstić information content (AvgIpc) is 3.68. The molecule has 2 amide bonds. The van der Waals surface area contributed by atoms with E-state index < -0.39 is 5.91 Å². The van der Waals surface area contributed by atoms with Gasteiger partial charge in [0.15, 0.2) is 0 Å². The maximum atomic E-state index is 14.1. The molecule has 0 saturated heterocycles. The number of halogens is 2. The Hall–Kier alpha value is -4.61. The highest BCUT2D eigenvalue weighted by Gasteiger charge is 2.35. The first-order valence-electron chi connectivity index (χ1n) is 14.3. The van der Waals surface area contributed by atoms with Gasteiger partial charge in [-0.1, -0.05) is 23.7 Å². The fraction of sp³-hybridized carbons (Fsp3) is 0.212. The molecule has 3 aromatic carbocycles. The minimum atomic E-state index is -0.436. The van der Waals surface area contributed by atoms with Crippen LogP contribution >= 0.6 is 27.5 Å². The fourth-order valence-corrected chi connectivity index (χ4v) is 6.00. The molecular weight excluding hydrogens is 660 g/mol. The van der Waals surface area contributed by atoms with Gasteiger partial charge < -0.3 is 15.0 Å². The fourth-order valence-electron chi connectivity index (χ4n) is 5.57. The Kier molecular flexibility index (Phi) is 8.39. The highest BCUT2D eigenvalue weighted by Crippen LogP contribution is 2.28. The van der Waals surface area contributed by atoms with E-state index in [0.29, 0.717) is 32.2 Å². The molecule has 0 spiro atoms. The van der Waals surface area contributed by atoms with Crippen molar-refractivity contribution < 1.29 is 14.3 Å². The van der Waals surface area contributed by atoms with E-state index >= 15 is 0 Å². The molecule has 0 saturated carbocycles. The molecule has 0 radical (unpaired) electrons. The van der Waals surface area contributed by atoms with Crippen LogP contribution in [0.5, 0.6) is 5.75 Å². The van der Waals surface area contributed by atoms with Gasteiger partial charge in [0.1, 0.15) is 11.4 Å². The zero-order valence-corrected chi connectivity index (χ0v) is 27.1. The molecule has 45 heavy (non-hydrogen) atoms. The van der Waals surface area contributed by atoms with Crippen LogP contribution in [0.15, 0.2) is 94.5 Å². The molecule has 230 valence electrons. The Labute approximate surface area is 272 Å². The smallest absolute Gasteiger partial charge is 0.333 e. The van der Waals surface area contributed by atoms with Crippen molar-refractivity contribution in [1.82, 2.24) is 29.1 Å². The quantitative estimate of drug-likeness (QED) is 0.233. The van der Waals surface area contributed by atoms with Gasteiger partial charge in [-0.05, 0) is 96.0 Å². The minimum Gasteiger partial charge on any atom is -0.497 e. The summed E-state index contributed by atoms with van der Waals surface area (Å²) in [6.07, 6.45) is 3.51. The number of nitrogens with one attached hydrogen (secondary N) is 1. The SMILES string of the molecule is COc1ccc([C@@H](C)NC(=O)c2c3n(c(=O)n2-c2ccc(-n4cccn4)cc2)C[C@@H](C)N(C(=O)c2ccc(Br)c(Cl)c2)C3)cc1. The van der Waals surface area contributed by atoms with Crippen molar-refractivity contribution in [2.75, 3.05) is 7.11 Å². The average molecular weight is 690 g/mol. The Morgan fingerprint density at radius 1 is 1.07 bits per heavy atom. The molecule has 1 aliphatic rings. The third kappa shape index (κ3) is 5.81. The maximum absolute atomic E-state index is 14.1. The van der Waals surface area contributed by atoms with Crippen molar-refractivity contribution in [1.29, 1.82) is 0 Å². The zero-order chi connectivity index (χ0) is 31.8. The zero-order valence-electron chi connectivity index (χ0n) is 24.8. The van der Waals surface area contributed by atoms with E-state index in [-0.39, 0.29) is 42.5 Å². The third-order valence-corrected chi connectivity index (χ3v) is 9.26. The van der Waals surface area contributed by atoms with Crippen molar-refractivity contribution >= 4 is 39.3 Å². The Morgan fingerprint density at radius 2 is 1.78 bits per heavy atom. The third-order valence-electron chi connectivity index (χ3n) is 8.03. The van der Waals surface area contributed by atoms with Crippen molar-refractivity contribution in [2.45, 2.75) is 39.0 Å². The van der Waals surface area contributed by atoms with E-state index in [4.69, 9.17) is 16.3 Å². The molecule has 1 aliphatic heterocycles. The number of carbonyl (C=O) groups is 2. The normalized spacial score (nSPS) is 15.0. The highest BCUT2D eigenvalue weighted by atomic mass is 79.9. The number of ether oxygens (including phenoxy) is 1. The van der Waals surface area contributed by atoms with Gasteiger partial charge in [-0.15, -0.1) is 0 Å². The lowest BCUT2D eigenvalue weighted by Crippen LogP contribution is -2.47. The van der Waals surface area contributed by atoms with Crippen LogP contribution in [-0.4, -0.2) is 48.8 Å². The molecule has 10 nitrogen and oxygen atoms in total. The topological polar surface area (TPSA) is 103 Å². The molecule has 0 aliphatic carbocycles. The molecule has 0 fully saturated rings. The number of benzene rings is 3. The number of methoxy groups -OCH3 is 1. The molecule has 0 unspecified atom stereocenters. The van der Waals surface area contributed by atoms with E-state index in [9.17, 15) is 14.4 Å². The second-order valence-electron chi connectivity index (χ2n) is 10.9. The number of aromatic nitrogens is 4. The lowest BCUT2D eigenvalue weighted by Gasteiger charge is -2.34. The summed E-state index contributed by atoms with van der Waals surface area (Å²) in [5.41, 5.74) is 2.87. The molecule has 0 bridgehead atoms. The largest absolute Gasteiger partial charge is 0.497 e. The van der Waals surface area contributed by atoms with Gasteiger partial charge in [0.2, 0.25) is 0 Å². The van der Waals surface area contributed by atoms with Crippen LogP contribution in [-0.2, 0) is 13.1 Å². The van der Waals surface area contributed by atoms with Gasteiger partial charge in [-0.25, -0.2) is 9.48 Å². The molecule has 6 rings (SSSR count). The van der Waals surface area contributed by atoms with Crippen LogP contribution in [0.4, 0.5) is 0 Å². The van der Waals surface area contributed by atoms with Gasteiger partial charge in [0.05, 0.1) is 41.8 Å². The van der Waals surface area contributed by atoms with E-state index in [1.807, 2.05) is 62.5 Å². The number of imidazole rings is 1. The van der Waals surface area contributed by atoms with Crippen LogP contribution in [0.3, 0.4) is 0 Å². The summed E-state index contributed by atoms with van der Waals surface area (Å²) >= 11 is 9.67. The van der Waals surface area contributed by atoms with Crippen LogP contribution in [0, 0.1) is 0 Å². The Bertz CT molecular complexity index is 1930. The van der Waals surface area contributed by atoms with E-state index in [1.54, 1.807) is 57.8 Å². The van der Waals surface area contributed by atoms with Crippen molar-refractivity contribution in [2.24, 2.45) is 0 Å². The van der Waals surface area contributed by atoms with Crippen molar-refractivity contribution in [3.05, 3.63) is 128 Å². The number of rotatable bonds is 7. The second kappa shape index (κ2) is 12.4. The molecule has 3 heterocycles. The standard InChI is InChI=1S/C33H30BrClN6O4/c1-20-18-39-29(19-38(20)32(43)23-7-14-27(34)28(35)17-23)30(31(42)37-21(2)22-5-12-26(45-3)13-6-22)41(33(39)44)25-10-8-24(9-11-25)40-16-4-15-36-40/h4-17,20-21H,18-19H2,1-3H3,(H,37,42)/t20-,21-/m1/s1.